The summed E-state index contributed by atoms with van der Waals surface area (Å²) >= 11 is 14.9. The molecule has 0 spiro atoms. The molecule has 1 aromatic carbocycles. The first-order chi connectivity index (χ1) is 13.5. The lowest BCUT2D eigenvalue weighted by Crippen LogP contribution is -2.47. The fraction of sp³-hybridized carbons (Fsp3) is 0.471. The van der Waals surface area contributed by atoms with Crippen LogP contribution in [-0.4, -0.2) is 42.6 Å². The number of amides is 1. The minimum absolute atomic E-state index is 0.220. The average Bonchev–Trinajstić information content (AvgIpc) is 3.02. The molecule has 2 aromatic rings. The number of nitrogens with zero attached hydrogens (tertiary/aromatic N) is 3. The maximum absolute atomic E-state index is 12.9. The molecule has 160 valence electrons. The van der Waals surface area contributed by atoms with Crippen molar-refractivity contribution in [2.24, 2.45) is 5.92 Å². The summed E-state index contributed by atoms with van der Waals surface area (Å²) in [5.41, 5.74) is 0.220. The zero-order chi connectivity index (χ0) is 21.8. The van der Waals surface area contributed by atoms with E-state index >= 15 is 0 Å². The summed E-state index contributed by atoms with van der Waals surface area (Å²) in [4.78, 5) is 12.9. The number of carbonyl (C=O) groups is 1. The molecule has 12 heteroatoms. The maximum atomic E-state index is 12.9. The van der Waals surface area contributed by atoms with E-state index in [-0.39, 0.29) is 22.2 Å². The van der Waals surface area contributed by atoms with Crippen LogP contribution in [0.2, 0.25) is 10.0 Å². The van der Waals surface area contributed by atoms with Gasteiger partial charge in [-0.2, -0.15) is 0 Å². The molecule has 1 amide bonds. The second-order valence-electron chi connectivity index (χ2n) is 6.68. The first-order valence-electron chi connectivity index (χ1n) is 8.74. The Bertz CT molecular complexity index is 946. The molecule has 1 aromatic heterocycles. The van der Waals surface area contributed by atoms with E-state index in [9.17, 15) is 13.2 Å². The number of hydrogen-bond acceptors (Lipinski definition) is 7. The first-order valence-corrected chi connectivity index (χ1v) is 13.1. The van der Waals surface area contributed by atoms with Gasteiger partial charge in [-0.05, 0) is 30.5 Å². The van der Waals surface area contributed by atoms with E-state index in [1.54, 1.807) is 18.7 Å². The van der Waals surface area contributed by atoms with Crippen LogP contribution in [0.3, 0.4) is 0 Å². The van der Waals surface area contributed by atoms with E-state index in [1.165, 1.54) is 29.5 Å². The van der Waals surface area contributed by atoms with Crippen molar-refractivity contribution in [3.8, 4) is 0 Å². The average molecular weight is 497 g/mol. The van der Waals surface area contributed by atoms with Crippen molar-refractivity contribution >= 4 is 73.0 Å². The monoisotopic (exact) mass is 496 g/mol. The van der Waals surface area contributed by atoms with Crippen LogP contribution in [0, 0.1) is 5.92 Å². The lowest BCUT2D eigenvalue weighted by atomic mass is 10.2. The highest BCUT2D eigenvalue weighted by Gasteiger charge is 2.32. The third kappa shape index (κ3) is 6.99. The predicted octanol–water partition coefficient (Wildman–Crippen LogP) is 4.78. The van der Waals surface area contributed by atoms with E-state index in [4.69, 9.17) is 23.2 Å². The topological polar surface area (TPSA) is 92.3 Å². The van der Waals surface area contributed by atoms with Crippen LogP contribution in [0.5, 0.6) is 0 Å². The number of halogens is 2. The fourth-order valence-electron chi connectivity index (χ4n) is 2.47. The van der Waals surface area contributed by atoms with Gasteiger partial charge in [-0.15, -0.1) is 10.2 Å². The summed E-state index contributed by atoms with van der Waals surface area (Å²) in [5, 5.41) is 11.6. The Balaban J connectivity index is 2.27. The number of sulfonamides is 1. The summed E-state index contributed by atoms with van der Waals surface area (Å²) in [5.74, 6) is 0.877. The summed E-state index contributed by atoms with van der Waals surface area (Å²) in [6, 6.07) is 3.40. The molecule has 0 saturated heterocycles. The molecule has 0 aliphatic rings. The number of aromatic nitrogens is 2. The molecule has 7 nitrogen and oxygen atoms in total. The van der Waals surface area contributed by atoms with E-state index in [0.29, 0.717) is 11.0 Å². The summed E-state index contributed by atoms with van der Waals surface area (Å²) in [6.07, 6.45) is 1.26. The SMILES string of the molecule is CC[C@H](C(=O)Nc1nnc(SCC(C)C)s1)N(c1cc(Cl)cc(Cl)c1)S(C)(=O)=O. The van der Waals surface area contributed by atoms with Gasteiger partial charge in [-0.25, -0.2) is 8.42 Å². The van der Waals surface area contributed by atoms with Crippen molar-refractivity contribution < 1.29 is 13.2 Å². The highest BCUT2D eigenvalue weighted by molar-refractivity contribution is 8.01. The standard InChI is InChI=1S/C17H22Cl2N4O3S3/c1-5-14(15(24)20-16-21-22-17(28-16)27-9-10(2)3)23(29(4,25)26)13-7-11(18)6-12(19)8-13/h6-8,10,14H,5,9H2,1-4H3,(H,20,21,24)/t14-/m1/s1. The Morgan fingerprint density at radius 1 is 1.24 bits per heavy atom. The number of rotatable bonds is 9. The third-order valence-electron chi connectivity index (χ3n) is 3.61. The molecule has 0 unspecified atom stereocenters. The molecule has 0 aliphatic carbocycles. The molecule has 0 fully saturated rings. The van der Waals surface area contributed by atoms with E-state index in [0.717, 1.165) is 20.7 Å². The highest BCUT2D eigenvalue weighted by Crippen LogP contribution is 2.31. The predicted molar refractivity (Wildman–Crippen MR) is 122 cm³/mol. The molecule has 1 atom stereocenters. The van der Waals surface area contributed by atoms with Gasteiger partial charge in [-0.1, -0.05) is 67.1 Å². The fourth-order valence-corrected chi connectivity index (χ4v) is 5.91. The largest absolute Gasteiger partial charge is 0.299 e. The molecule has 1 N–H and O–H groups in total. The van der Waals surface area contributed by atoms with Crippen LogP contribution < -0.4 is 9.62 Å². The van der Waals surface area contributed by atoms with Gasteiger partial charge in [0.1, 0.15) is 6.04 Å². The smallest absolute Gasteiger partial charge is 0.250 e. The molecular formula is C17H22Cl2N4O3S3. The van der Waals surface area contributed by atoms with Crippen molar-refractivity contribution in [3.05, 3.63) is 28.2 Å². The molecule has 0 bridgehead atoms. The first kappa shape index (κ1) is 24.2. The molecule has 0 radical (unpaired) electrons. The minimum atomic E-state index is -3.79. The molecule has 2 rings (SSSR count). The van der Waals surface area contributed by atoms with Crippen molar-refractivity contribution in [1.29, 1.82) is 0 Å². The second kappa shape index (κ2) is 10.3. The number of thioether (sulfide) groups is 1. The van der Waals surface area contributed by atoms with Crippen LogP contribution in [0.25, 0.3) is 0 Å². The van der Waals surface area contributed by atoms with Gasteiger partial charge in [0.15, 0.2) is 4.34 Å². The van der Waals surface area contributed by atoms with E-state index in [1.807, 2.05) is 0 Å². The Kier molecular flexibility index (Phi) is 8.59. The van der Waals surface area contributed by atoms with E-state index < -0.39 is 22.0 Å². The van der Waals surface area contributed by atoms with Crippen molar-refractivity contribution in [1.82, 2.24) is 10.2 Å². The minimum Gasteiger partial charge on any atom is -0.299 e. The molecule has 0 saturated carbocycles. The lowest BCUT2D eigenvalue weighted by Gasteiger charge is -2.30. The van der Waals surface area contributed by atoms with Crippen molar-refractivity contribution in [2.75, 3.05) is 21.6 Å². The van der Waals surface area contributed by atoms with Gasteiger partial charge in [0, 0.05) is 15.8 Å². The summed E-state index contributed by atoms with van der Waals surface area (Å²) < 4.78 is 26.8. The van der Waals surface area contributed by atoms with Crippen LogP contribution in [-0.2, 0) is 14.8 Å². The number of hydrogen-bond donors (Lipinski definition) is 1. The second-order valence-corrected chi connectivity index (χ2v) is 11.7. The molecular weight excluding hydrogens is 475 g/mol. The van der Waals surface area contributed by atoms with Crippen molar-refractivity contribution in [2.45, 2.75) is 37.6 Å². The van der Waals surface area contributed by atoms with Gasteiger partial charge < -0.3 is 0 Å². The van der Waals surface area contributed by atoms with Gasteiger partial charge in [0.25, 0.3) is 0 Å². The Labute approximate surface area is 189 Å². The number of nitrogens with one attached hydrogen (secondary N) is 1. The van der Waals surface area contributed by atoms with Crippen LogP contribution >= 0.6 is 46.3 Å². The van der Waals surface area contributed by atoms with Crippen LogP contribution in [0.15, 0.2) is 22.5 Å². The zero-order valence-corrected chi connectivity index (χ0v) is 20.3. The quantitative estimate of drug-likeness (QED) is 0.396. The Morgan fingerprint density at radius 2 is 1.86 bits per heavy atom. The molecule has 0 aliphatic heterocycles. The summed E-state index contributed by atoms with van der Waals surface area (Å²) in [7, 11) is -3.79. The number of anilines is 2. The third-order valence-corrected chi connectivity index (χ3v) is 7.62. The lowest BCUT2D eigenvalue weighted by molar-refractivity contribution is -0.117. The van der Waals surface area contributed by atoms with Gasteiger partial charge in [-0.3, -0.25) is 14.4 Å². The van der Waals surface area contributed by atoms with Gasteiger partial charge in [0.05, 0.1) is 11.9 Å². The zero-order valence-electron chi connectivity index (χ0n) is 16.3. The number of benzene rings is 1. The Morgan fingerprint density at radius 3 is 2.38 bits per heavy atom. The normalized spacial score (nSPS) is 12.8. The molecule has 1 heterocycles. The maximum Gasteiger partial charge on any atom is 0.250 e. The van der Waals surface area contributed by atoms with Gasteiger partial charge in [0.2, 0.25) is 21.1 Å². The molecule has 29 heavy (non-hydrogen) atoms. The van der Waals surface area contributed by atoms with Gasteiger partial charge >= 0.3 is 0 Å². The Hall–Kier alpha value is -1.07. The summed E-state index contributed by atoms with van der Waals surface area (Å²) in [6.45, 7) is 5.92. The number of carbonyl (C=O) groups excluding carboxylic acids is 1. The van der Waals surface area contributed by atoms with Crippen molar-refractivity contribution in [3.63, 3.8) is 0 Å². The highest BCUT2D eigenvalue weighted by atomic mass is 35.5. The van der Waals surface area contributed by atoms with Crippen LogP contribution in [0.4, 0.5) is 10.8 Å². The van der Waals surface area contributed by atoms with E-state index in [2.05, 4.69) is 29.4 Å². The van der Waals surface area contributed by atoms with Crippen LogP contribution in [0.1, 0.15) is 27.2 Å².